The number of methoxy groups -OCH3 is 1. The molecule has 0 radical (unpaired) electrons. The fraction of sp³-hybridized carbons (Fsp3) is 0.364. The normalized spacial score (nSPS) is 10.6. The maximum atomic E-state index is 12.2. The number of carbonyl (C=O) groups is 2. The van der Waals surface area contributed by atoms with Crippen LogP contribution in [0.1, 0.15) is 31.2 Å². The number of nitrogens with zero attached hydrogens (tertiary/aromatic N) is 2. The van der Waals surface area contributed by atoms with Crippen LogP contribution in [-0.4, -0.2) is 42.2 Å². The molecule has 0 fully saturated rings. The van der Waals surface area contributed by atoms with Crippen molar-refractivity contribution in [1.29, 1.82) is 0 Å². The lowest BCUT2D eigenvalue weighted by Crippen LogP contribution is -2.28. The third-order valence-electron chi connectivity index (χ3n) is 4.45. The second-order valence-electron chi connectivity index (χ2n) is 6.85. The van der Waals surface area contributed by atoms with Crippen LogP contribution in [0.25, 0.3) is 10.7 Å². The number of likely N-dealkylation sites (N-methyl/N-ethyl adjacent to an activating group) is 1. The Kier molecular flexibility index (Phi) is 8.61. The van der Waals surface area contributed by atoms with Crippen molar-refractivity contribution in [3.05, 3.63) is 47.2 Å². The van der Waals surface area contributed by atoms with Gasteiger partial charge < -0.3 is 24.6 Å². The predicted molar refractivity (Wildman–Crippen MR) is 120 cm³/mol. The topological polar surface area (TPSA) is 116 Å². The standard InChI is InChI=1S/C22H26N4O5S/c1-3-23-20(28)14-30-16-10-9-15(12-17(16)29-2)13-24-19(27)7-4-8-21-25-22(26-31-21)18-6-5-11-32-18/h5-6,9-12H,3-4,7-8,13-14H2,1-2H3,(H,23,28)(H,24,27). The van der Waals surface area contributed by atoms with Crippen molar-refractivity contribution < 1.29 is 23.6 Å². The van der Waals surface area contributed by atoms with Crippen LogP contribution in [0.2, 0.25) is 0 Å². The zero-order valence-corrected chi connectivity index (χ0v) is 18.9. The van der Waals surface area contributed by atoms with Gasteiger partial charge >= 0.3 is 0 Å². The van der Waals surface area contributed by atoms with E-state index in [1.54, 1.807) is 23.5 Å². The first-order valence-corrected chi connectivity index (χ1v) is 11.2. The smallest absolute Gasteiger partial charge is 0.257 e. The van der Waals surface area contributed by atoms with Crippen molar-refractivity contribution >= 4 is 23.2 Å². The van der Waals surface area contributed by atoms with Gasteiger partial charge in [-0.3, -0.25) is 9.59 Å². The number of rotatable bonds is 12. The number of hydrogen-bond donors (Lipinski definition) is 2. The van der Waals surface area contributed by atoms with Crippen LogP contribution in [0.15, 0.2) is 40.2 Å². The molecule has 10 heteroatoms. The van der Waals surface area contributed by atoms with Crippen LogP contribution in [-0.2, 0) is 22.6 Å². The summed E-state index contributed by atoms with van der Waals surface area (Å²) in [6.07, 6.45) is 1.49. The molecule has 2 amide bonds. The van der Waals surface area contributed by atoms with Gasteiger partial charge in [-0.15, -0.1) is 11.3 Å². The number of hydrogen-bond acceptors (Lipinski definition) is 8. The maximum absolute atomic E-state index is 12.2. The Morgan fingerprint density at radius 2 is 2.03 bits per heavy atom. The molecule has 2 aromatic heterocycles. The van der Waals surface area contributed by atoms with Crippen LogP contribution in [0.3, 0.4) is 0 Å². The molecule has 0 aliphatic rings. The van der Waals surface area contributed by atoms with Gasteiger partial charge in [-0.2, -0.15) is 4.98 Å². The number of carbonyl (C=O) groups excluding carboxylic acids is 2. The molecule has 2 N–H and O–H groups in total. The number of thiophene rings is 1. The van der Waals surface area contributed by atoms with Gasteiger partial charge in [0, 0.05) is 25.9 Å². The van der Waals surface area contributed by atoms with Crippen LogP contribution in [0, 0.1) is 0 Å². The van der Waals surface area contributed by atoms with Crippen LogP contribution >= 0.6 is 11.3 Å². The lowest BCUT2D eigenvalue weighted by atomic mass is 10.2. The molecule has 0 saturated heterocycles. The van der Waals surface area contributed by atoms with Crippen molar-refractivity contribution in [1.82, 2.24) is 20.8 Å². The van der Waals surface area contributed by atoms with Crippen molar-refractivity contribution in [3.8, 4) is 22.2 Å². The Morgan fingerprint density at radius 1 is 1.16 bits per heavy atom. The van der Waals surface area contributed by atoms with Gasteiger partial charge in [0.2, 0.25) is 17.6 Å². The second kappa shape index (κ2) is 11.8. The summed E-state index contributed by atoms with van der Waals surface area (Å²) in [4.78, 5) is 29.0. The highest BCUT2D eigenvalue weighted by atomic mass is 32.1. The van der Waals surface area contributed by atoms with Crippen molar-refractivity contribution in [3.63, 3.8) is 0 Å². The lowest BCUT2D eigenvalue weighted by molar-refractivity contribution is -0.123. The molecule has 1 aromatic carbocycles. The molecule has 0 bridgehead atoms. The first-order valence-electron chi connectivity index (χ1n) is 10.3. The van der Waals surface area contributed by atoms with Gasteiger partial charge in [-0.05, 0) is 42.5 Å². The molecule has 0 spiro atoms. The molecule has 3 aromatic rings. The molecule has 0 saturated carbocycles. The molecular formula is C22H26N4O5S. The van der Waals surface area contributed by atoms with E-state index in [1.165, 1.54) is 7.11 Å². The van der Waals surface area contributed by atoms with Crippen molar-refractivity contribution in [2.45, 2.75) is 32.7 Å². The van der Waals surface area contributed by atoms with Gasteiger partial charge in [0.1, 0.15) is 0 Å². The van der Waals surface area contributed by atoms with E-state index in [2.05, 4.69) is 20.8 Å². The number of aromatic nitrogens is 2. The Labute approximate surface area is 190 Å². The minimum Gasteiger partial charge on any atom is -0.493 e. The van der Waals surface area contributed by atoms with E-state index < -0.39 is 0 Å². The van der Waals surface area contributed by atoms with E-state index in [0.717, 1.165) is 10.4 Å². The van der Waals surface area contributed by atoms with Gasteiger partial charge in [-0.25, -0.2) is 0 Å². The SMILES string of the molecule is CCNC(=O)COc1ccc(CNC(=O)CCCc2nc(-c3cccs3)no2)cc1OC. The molecule has 2 heterocycles. The highest BCUT2D eigenvalue weighted by molar-refractivity contribution is 7.13. The summed E-state index contributed by atoms with van der Waals surface area (Å²) in [7, 11) is 1.53. The largest absolute Gasteiger partial charge is 0.493 e. The number of aryl methyl sites for hydroxylation is 1. The first-order chi connectivity index (χ1) is 15.6. The average Bonchev–Trinajstić information content (AvgIpc) is 3.49. The number of amides is 2. The highest BCUT2D eigenvalue weighted by Crippen LogP contribution is 2.28. The van der Waals surface area contributed by atoms with E-state index in [1.807, 2.05) is 30.5 Å². The Morgan fingerprint density at radius 3 is 2.78 bits per heavy atom. The third kappa shape index (κ3) is 6.81. The minimum absolute atomic E-state index is 0.0708. The van der Waals surface area contributed by atoms with Crippen LogP contribution in [0.5, 0.6) is 11.5 Å². The van der Waals surface area contributed by atoms with E-state index >= 15 is 0 Å². The summed E-state index contributed by atoms with van der Waals surface area (Å²) in [5, 5.41) is 11.5. The van der Waals surface area contributed by atoms with Crippen LogP contribution < -0.4 is 20.1 Å². The van der Waals surface area contributed by atoms with Gasteiger partial charge in [-0.1, -0.05) is 17.3 Å². The number of ether oxygens (including phenoxy) is 2. The van der Waals surface area contributed by atoms with Crippen molar-refractivity contribution in [2.75, 3.05) is 20.3 Å². The monoisotopic (exact) mass is 458 g/mol. The number of benzene rings is 1. The Hall–Kier alpha value is -3.40. The van der Waals surface area contributed by atoms with E-state index in [4.69, 9.17) is 14.0 Å². The van der Waals surface area contributed by atoms with E-state index in [-0.39, 0.29) is 18.4 Å². The molecule has 0 unspecified atom stereocenters. The van der Waals surface area contributed by atoms with Crippen LogP contribution in [0.4, 0.5) is 0 Å². The molecule has 0 aliphatic carbocycles. The van der Waals surface area contributed by atoms with Gasteiger partial charge in [0.05, 0.1) is 12.0 Å². The fourth-order valence-corrected chi connectivity index (χ4v) is 3.53. The summed E-state index contributed by atoms with van der Waals surface area (Å²) in [6.45, 7) is 2.65. The zero-order valence-electron chi connectivity index (χ0n) is 18.1. The molecule has 32 heavy (non-hydrogen) atoms. The molecule has 3 rings (SSSR count). The first kappa shape index (κ1) is 23.3. The fourth-order valence-electron chi connectivity index (χ4n) is 2.88. The molecule has 0 atom stereocenters. The molecule has 170 valence electrons. The van der Waals surface area contributed by atoms with Crippen molar-refractivity contribution in [2.24, 2.45) is 0 Å². The minimum atomic E-state index is -0.200. The summed E-state index contributed by atoms with van der Waals surface area (Å²) in [6, 6.07) is 9.19. The Balaban J connectivity index is 1.41. The summed E-state index contributed by atoms with van der Waals surface area (Å²) in [5.74, 6) is 1.79. The quantitative estimate of drug-likeness (QED) is 0.429. The molecule has 9 nitrogen and oxygen atoms in total. The maximum Gasteiger partial charge on any atom is 0.257 e. The lowest BCUT2D eigenvalue weighted by Gasteiger charge is -2.12. The highest BCUT2D eigenvalue weighted by Gasteiger charge is 2.11. The summed E-state index contributed by atoms with van der Waals surface area (Å²) >= 11 is 1.55. The average molecular weight is 459 g/mol. The van der Waals surface area contributed by atoms with Gasteiger partial charge in [0.25, 0.3) is 5.91 Å². The molecule has 0 aliphatic heterocycles. The van der Waals surface area contributed by atoms with E-state index in [0.29, 0.717) is 55.6 Å². The summed E-state index contributed by atoms with van der Waals surface area (Å²) in [5.41, 5.74) is 0.859. The third-order valence-corrected chi connectivity index (χ3v) is 5.32. The Bertz CT molecular complexity index is 1020. The molecular weight excluding hydrogens is 432 g/mol. The van der Waals surface area contributed by atoms with E-state index in [9.17, 15) is 9.59 Å². The summed E-state index contributed by atoms with van der Waals surface area (Å²) < 4.78 is 16.1. The zero-order chi connectivity index (χ0) is 22.8. The van der Waals surface area contributed by atoms with Gasteiger partial charge in [0.15, 0.2) is 18.1 Å². The number of nitrogens with one attached hydrogen (secondary N) is 2. The predicted octanol–water partition coefficient (Wildman–Crippen LogP) is 2.96. The second-order valence-corrected chi connectivity index (χ2v) is 7.79.